The molecule has 2 fully saturated rings. The fraction of sp³-hybridized carbons (Fsp3) is 1.00. The van der Waals surface area contributed by atoms with E-state index in [1.54, 1.807) is 0 Å². The average Bonchev–Trinajstić information content (AvgIpc) is 3.10. The first-order chi connectivity index (χ1) is 8.28. The van der Waals surface area contributed by atoms with Crippen LogP contribution in [0.4, 0.5) is 0 Å². The van der Waals surface area contributed by atoms with E-state index in [0.717, 1.165) is 19.0 Å². The summed E-state index contributed by atoms with van der Waals surface area (Å²) in [6.07, 6.45) is 7.50. The van der Waals surface area contributed by atoms with Gasteiger partial charge in [0.25, 0.3) is 0 Å². The van der Waals surface area contributed by atoms with Crippen molar-refractivity contribution in [2.45, 2.75) is 51.5 Å². The molecule has 1 heterocycles. The maximum atomic E-state index is 9.04. The number of nitrogens with one attached hydrogen (secondary N) is 1. The van der Waals surface area contributed by atoms with Crippen molar-refractivity contribution in [1.29, 1.82) is 0 Å². The summed E-state index contributed by atoms with van der Waals surface area (Å²) in [5, 5.41) is 12.8. The highest BCUT2D eigenvalue weighted by Gasteiger charge is 2.41. The van der Waals surface area contributed by atoms with Gasteiger partial charge in [-0.3, -0.25) is 0 Å². The minimum atomic E-state index is 0.358. The lowest BCUT2D eigenvalue weighted by Gasteiger charge is -2.33. The van der Waals surface area contributed by atoms with E-state index >= 15 is 0 Å². The quantitative estimate of drug-likeness (QED) is 0.710. The molecule has 1 aliphatic carbocycles. The van der Waals surface area contributed by atoms with Gasteiger partial charge in [0.2, 0.25) is 0 Å². The first-order valence-electron chi connectivity index (χ1n) is 7.34. The lowest BCUT2D eigenvalue weighted by Crippen LogP contribution is -2.44. The highest BCUT2D eigenvalue weighted by atomic mass is 16.3. The molecule has 3 heteroatoms. The van der Waals surface area contributed by atoms with Crippen LogP contribution in [0.3, 0.4) is 0 Å². The Morgan fingerprint density at radius 3 is 2.53 bits per heavy atom. The lowest BCUT2D eigenvalue weighted by molar-refractivity contribution is 0.188. The van der Waals surface area contributed by atoms with Crippen molar-refractivity contribution in [2.24, 2.45) is 5.41 Å². The predicted molar refractivity (Wildman–Crippen MR) is 71.1 cm³/mol. The summed E-state index contributed by atoms with van der Waals surface area (Å²) in [7, 11) is 0. The fourth-order valence-corrected chi connectivity index (χ4v) is 2.97. The van der Waals surface area contributed by atoms with Crippen molar-refractivity contribution in [3.63, 3.8) is 0 Å². The normalized spacial score (nSPS) is 25.1. The molecule has 2 rings (SSSR count). The maximum absolute atomic E-state index is 9.04. The summed E-state index contributed by atoms with van der Waals surface area (Å²) in [6.45, 7) is 7.54. The average molecular weight is 240 g/mol. The summed E-state index contributed by atoms with van der Waals surface area (Å²) >= 11 is 0. The first kappa shape index (κ1) is 13.3. The van der Waals surface area contributed by atoms with Gasteiger partial charge in [-0.2, -0.15) is 0 Å². The zero-order valence-corrected chi connectivity index (χ0v) is 11.2. The van der Waals surface area contributed by atoms with Crippen molar-refractivity contribution >= 4 is 0 Å². The highest BCUT2D eigenvalue weighted by molar-refractivity contribution is 4.95. The van der Waals surface area contributed by atoms with Crippen molar-refractivity contribution in [1.82, 2.24) is 10.2 Å². The molecule has 0 amide bonds. The van der Waals surface area contributed by atoms with Crippen molar-refractivity contribution < 1.29 is 5.11 Å². The SMILES string of the molecule is CCCN1CCC(NCC2(CCO)CC2)CC1. The number of piperidine rings is 1. The molecule has 0 aromatic rings. The molecular weight excluding hydrogens is 212 g/mol. The minimum Gasteiger partial charge on any atom is -0.396 e. The van der Waals surface area contributed by atoms with E-state index in [0.29, 0.717) is 12.0 Å². The molecule has 0 aromatic heterocycles. The van der Waals surface area contributed by atoms with Gasteiger partial charge in [0.05, 0.1) is 0 Å². The second-order valence-electron chi connectivity index (χ2n) is 5.97. The van der Waals surface area contributed by atoms with Crippen LogP contribution < -0.4 is 5.32 Å². The topological polar surface area (TPSA) is 35.5 Å². The zero-order chi connectivity index (χ0) is 12.1. The van der Waals surface area contributed by atoms with Crippen molar-refractivity contribution in [3.05, 3.63) is 0 Å². The van der Waals surface area contributed by atoms with Crippen LogP contribution in [-0.4, -0.2) is 48.8 Å². The minimum absolute atomic E-state index is 0.358. The van der Waals surface area contributed by atoms with Gasteiger partial charge in [0.15, 0.2) is 0 Å². The molecule has 1 saturated heterocycles. The fourth-order valence-electron chi connectivity index (χ4n) is 2.97. The maximum Gasteiger partial charge on any atom is 0.0436 e. The Bertz CT molecular complexity index is 220. The van der Waals surface area contributed by atoms with Gasteiger partial charge in [0, 0.05) is 19.2 Å². The van der Waals surface area contributed by atoms with Gasteiger partial charge in [0.1, 0.15) is 0 Å². The van der Waals surface area contributed by atoms with Crippen LogP contribution in [0.1, 0.15) is 45.4 Å². The Morgan fingerprint density at radius 2 is 2.00 bits per heavy atom. The molecule has 0 aromatic carbocycles. The van der Waals surface area contributed by atoms with Gasteiger partial charge in [-0.25, -0.2) is 0 Å². The monoisotopic (exact) mass is 240 g/mol. The Morgan fingerprint density at radius 1 is 1.29 bits per heavy atom. The first-order valence-corrected chi connectivity index (χ1v) is 7.34. The smallest absolute Gasteiger partial charge is 0.0436 e. The van der Waals surface area contributed by atoms with Crippen molar-refractivity contribution in [3.8, 4) is 0 Å². The van der Waals surface area contributed by atoms with E-state index in [1.807, 2.05) is 0 Å². The lowest BCUT2D eigenvalue weighted by atomic mass is 10.00. The number of aliphatic hydroxyl groups excluding tert-OH is 1. The van der Waals surface area contributed by atoms with Gasteiger partial charge in [-0.15, -0.1) is 0 Å². The molecule has 0 atom stereocenters. The van der Waals surface area contributed by atoms with Crippen LogP contribution >= 0.6 is 0 Å². The highest BCUT2D eigenvalue weighted by Crippen LogP contribution is 2.48. The molecule has 1 saturated carbocycles. The standard InChI is InChI=1S/C14H28N2O/c1-2-8-16-9-3-13(4-10-16)15-12-14(5-6-14)7-11-17/h13,15,17H,2-12H2,1H3. The number of hydrogen-bond donors (Lipinski definition) is 2. The zero-order valence-electron chi connectivity index (χ0n) is 11.2. The molecule has 17 heavy (non-hydrogen) atoms. The molecule has 2 aliphatic rings. The van der Waals surface area contributed by atoms with E-state index in [-0.39, 0.29) is 0 Å². The molecule has 0 bridgehead atoms. The largest absolute Gasteiger partial charge is 0.396 e. The number of aliphatic hydroxyl groups is 1. The summed E-state index contributed by atoms with van der Waals surface area (Å²) in [5.41, 5.74) is 0.468. The summed E-state index contributed by atoms with van der Waals surface area (Å²) in [4.78, 5) is 2.58. The van der Waals surface area contributed by atoms with E-state index < -0.39 is 0 Å². The van der Waals surface area contributed by atoms with Crippen LogP contribution in [0.25, 0.3) is 0 Å². The second kappa shape index (κ2) is 6.17. The molecule has 2 N–H and O–H groups in total. The third-order valence-corrected chi connectivity index (χ3v) is 4.49. The van der Waals surface area contributed by atoms with E-state index in [2.05, 4.69) is 17.1 Å². The van der Waals surface area contributed by atoms with Gasteiger partial charge >= 0.3 is 0 Å². The van der Waals surface area contributed by atoms with Crippen LogP contribution in [0.5, 0.6) is 0 Å². The third-order valence-electron chi connectivity index (χ3n) is 4.49. The third kappa shape index (κ3) is 3.94. The summed E-state index contributed by atoms with van der Waals surface area (Å²) in [6, 6.07) is 0.722. The van der Waals surface area contributed by atoms with Crippen molar-refractivity contribution in [2.75, 3.05) is 32.8 Å². The Labute approximate surface area is 106 Å². The Hall–Kier alpha value is -0.120. The van der Waals surface area contributed by atoms with E-state index in [4.69, 9.17) is 5.11 Å². The van der Waals surface area contributed by atoms with Gasteiger partial charge in [-0.05, 0) is 63.6 Å². The second-order valence-corrected chi connectivity index (χ2v) is 5.97. The molecule has 1 aliphatic heterocycles. The Kier molecular flexibility index (Phi) is 4.83. The Balaban J connectivity index is 1.62. The molecule has 0 unspecified atom stereocenters. The van der Waals surface area contributed by atoms with Crippen LogP contribution in [0, 0.1) is 5.41 Å². The molecule has 0 spiro atoms. The van der Waals surface area contributed by atoms with Crippen LogP contribution in [-0.2, 0) is 0 Å². The summed E-state index contributed by atoms with van der Waals surface area (Å²) < 4.78 is 0. The number of likely N-dealkylation sites (tertiary alicyclic amines) is 1. The van der Waals surface area contributed by atoms with E-state index in [1.165, 1.54) is 51.7 Å². The number of rotatable bonds is 7. The van der Waals surface area contributed by atoms with Crippen LogP contribution in [0.15, 0.2) is 0 Å². The molecule has 0 radical (unpaired) electrons. The molecule has 100 valence electrons. The predicted octanol–water partition coefficient (Wildman–Crippen LogP) is 1.61. The molecule has 3 nitrogen and oxygen atoms in total. The van der Waals surface area contributed by atoms with Gasteiger partial charge < -0.3 is 15.3 Å². The van der Waals surface area contributed by atoms with E-state index in [9.17, 15) is 0 Å². The van der Waals surface area contributed by atoms with Crippen LogP contribution in [0.2, 0.25) is 0 Å². The number of hydrogen-bond acceptors (Lipinski definition) is 3. The number of nitrogens with zero attached hydrogens (tertiary/aromatic N) is 1. The molecular formula is C14H28N2O. The summed E-state index contributed by atoms with van der Waals surface area (Å²) in [5.74, 6) is 0. The van der Waals surface area contributed by atoms with Gasteiger partial charge in [-0.1, -0.05) is 6.92 Å².